The van der Waals surface area contributed by atoms with Crippen molar-refractivity contribution in [2.24, 2.45) is 0 Å². The normalized spacial score (nSPS) is 10.4. The Hall–Kier alpha value is -1.55. The Morgan fingerprint density at radius 1 is 1.00 bits per heavy atom. The largest absolute Gasteiger partial charge is 0.373 e. The summed E-state index contributed by atoms with van der Waals surface area (Å²) in [4.78, 5) is 9.94. The summed E-state index contributed by atoms with van der Waals surface area (Å²) in [6.45, 7) is 6.16. The summed E-state index contributed by atoms with van der Waals surface area (Å²) in [5.74, 6) is 1.64. The molecule has 94 valence electrons. The Morgan fingerprint density at radius 2 is 1.78 bits per heavy atom. The fraction of sp³-hybridized carbons (Fsp3) is 0.286. The van der Waals surface area contributed by atoms with Crippen LogP contribution in [0.25, 0.3) is 0 Å². The van der Waals surface area contributed by atoms with E-state index in [0.29, 0.717) is 0 Å². The van der Waals surface area contributed by atoms with Crippen LogP contribution >= 0.6 is 11.8 Å². The van der Waals surface area contributed by atoms with E-state index in [1.807, 2.05) is 20.0 Å². The first kappa shape index (κ1) is 12.9. The van der Waals surface area contributed by atoms with Gasteiger partial charge in [0.05, 0.1) is 0 Å². The first-order valence-corrected chi connectivity index (χ1v) is 6.68. The van der Waals surface area contributed by atoms with Crippen molar-refractivity contribution in [3.63, 3.8) is 0 Å². The van der Waals surface area contributed by atoms with Crippen molar-refractivity contribution >= 4 is 17.6 Å². The molecule has 0 fully saturated rings. The summed E-state index contributed by atoms with van der Waals surface area (Å²) >= 11 is 1.66. The van der Waals surface area contributed by atoms with Gasteiger partial charge in [-0.05, 0) is 44.0 Å². The van der Waals surface area contributed by atoms with Crippen LogP contribution in [0.5, 0.6) is 0 Å². The minimum Gasteiger partial charge on any atom is -0.373 e. The van der Waals surface area contributed by atoms with Crippen LogP contribution < -0.4 is 5.32 Å². The average molecular weight is 259 g/mol. The average Bonchev–Trinajstić information content (AvgIpc) is 2.33. The van der Waals surface area contributed by atoms with Crippen LogP contribution in [0.4, 0.5) is 5.82 Å². The lowest BCUT2D eigenvalue weighted by molar-refractivity contribution is 0.969. The predicted molar refractivity (Wildman–Crippen MR) is 76.4 cm³/mol. The molecule has 0 bridgehead atoms. The van der Waals surface area contributed by atoms with E-state index < -0.39 is 0 Å². The summed E-state index contributed by atoms with van der Waals surface area (Å²) in [7, 11) is 1.87. The highest BCUT2D eigenvalue weighted by Gasteiger charge is 2.04. The molecular weight excluding hydrogens is 242 g/mol. The molecule has 0 unspecified atom stereocenters. The Labute approximate surface area is 112 Å². The number of aryl methyl sites for hydroxylation is 3. The van der Waals surface area contributed by atoms with Gasteiger partial charge in [0.2, 0.25) is 0 Å². The Balaban J connectivity index is 2.27. The molecule has 1 aromatic carbocycles. The van der Waals surface area contributed by atoms with E-state index in [1.165, 1.54) is 16.0 Å². The lowest BCUT2D eigenvalue weighted by Gasteiger charge is -2.07. The Bertz CT molecular complexity index is 567. The molecule has 2 aromatic rings. The summed E-state index contributed by atoms with van der Waals surface area (Å²) in [5, 5.41) is 4.02. The highest BCUT2D eigenvalue weighted by molar-refractivity contribution is 7.99. The van der Waals surface area contributed by atoms with E-state index in [2.05, 4.69) is 47.3 Å². The monoisotopic (exact) mass is 259 g/mol. The summed E-state index contributed by atoms with van der Waals surface area (Å²) < 4.78 is 0. The number of benzene rings is 1. The van der Waals surface area contributed by atoms with E-state index in [-0.39, 0.29) is 0 Å². The number of anilines is 1. The lowest BCUT2D eigenvalue weighted by atomic mass is 10.1. The van der Waals surface area contributed by atoms with Crippen LogP contribution in [0, 0.1) is 20.8 Å². The summed E-state index contributed by atoms with van der Waals surface area (Å²) in [6.07, 6.45) is 0. The molecule has 0 aliphatic rings. The molecule has 0 saturated heterocycles. The lowest BCUT2D eigenvalue weighted by Crippen LogP contribution is -1.97. The van der Waals surface area contributed by atoms with E-state index in [0.717, 1.165) is 16.7 Å². The molecule has 4 heteroatoms. The van der Waals surface area contributed by atoms with Gasteiger partial charge in [0.25, 0.3) is 0 Å². The van der Waals surface area contributed by atoms with E-state index >= 15 is 0 Å². The molecule has 1 N–H and O–H groups in total. The Morgan fingerprint density at radius 3 is 2.44 bits per heavy atom. The van der Waals surface area contributed by atoms with Crippen molar-refractivity contribution in [3.8, 4) is 0 Å². The van der Waals surface area contributed by atoms with Gasteiger partial charge >= 0.3 is 0 Å². The van der Waals surface area contributed by atoms with Crippen molar-refractivity contribution in [3.05, 3.63) is 41.2 Å². The standard InChI is InChI=1S/C14H17N3S/c1-9-5-6-12(7-10(9)2)18-14-8-13(15-4)16-11(3)17-14/h5-8H,1-4H3,(H,15,16,17). The molecule has 0 atom stereocenters. The second-order valence-corrected chi connectivity index (χ2v) is 5.33. The second kappa shape index (κ2) is 5.40. The van der Waals surface area contributed by atoms with Gasteiger partial charge in [-0.15, -0.1) is 0 Å². The molecular formula is C14H17N3S. The second-order valence-electron chi connectivity index (χ2n) is 4.24. The predicted octanol–water partition coefficient (Wildman–Crippen LogP) is 3.59. The van der Waals surface area contributed by atoms with Gasteiger partial charge in [0.1, 0.15) is 16.7 Å². The van der Waals surface area contributed by atoms with Crippen LogP contribution in [0.3, 0.4) is 0 Å². The number of nitrogens with one attached hydrogen (secondary N) is 1. The quantitative estimate of drug-likeness (QED) is 0.855. The SMILES string of the molecule is CNc1cc(Sc2ccc(C)c(C)c2)nc(C)n1. The topological polar surface area (TPSA) is 37.8 Å². The zero-order chi connectivity index (χ0) is 13.1. The van der Waals surface area contributed by atoms with Crippen LogP contribution in [0.15, 0.2) is 34.2 Å². The molecule has 2 rings (SSSR count). The minimum absolute atomic E-state index is 0.785. The molecule has 3 nitrogen and oxygen atoms in total. The number of rotatable bonds is 3. The third kappa shape index (κ3) is 3.01. The molecule has 1 aromatic heterocycles. The number of hydrogen-bond donors (Lipinski definition) is 1. The highest BCUT2D eigenvalue weighted by Crippen LogP contribution is 2.28. The van der Waals surface area contributed by atoms with Gasteiger partial charge in [-0.1, -0.05) is 17.8 Å². The zero-order valence-electron chi connectivity index (χ0n) is 11.1. The molecule has 0 amide bonds. The van der Waals surface area contributed by atoms with Gasteiger partial charge in [0.15, 0.2) is 0 Å². The minimum atomic E-state index is 0.785. The number of hydrogen-bond acceptors (Lipinski definition) is 4. The highest BCUT2D eigenvalue weighted by atomic mass is 32.2. The maximum Gasteiger partial charge on any atom is 0.130 e. The fourth-order valence-electron chi connectivity index (χ4n) is 1.62. The first-order chi connectivity index (χ1) is 8.58. The van der Waals surface area contributed by atoms with Crippen molar-refractivity contribution in [2.45, 2.75) is 30.7 Å². The zero-order valence-corrected chi connectivity index (χ0v) is 11.9. The van der Waals surface area contributed by atoms with Gasteiger partial charge < -0.3 is 5.32 Å². The third-order valence-corrected chi connectivity index (χ3v) is 3.68. The van der Waals surface area contributed by atoms with Crippen LogP contribution in [0.2, 0.25) is 0 Å². The molecule has 0 aliphatic carbocycles. The van der Waals surface area contributed by atoms with Gasteiger partial charge in [0, 0.05) is 18.0 Å². The molecule has 0 radical (unpaired) electrons. The maximum atomic E-state index is 4.44. The molecule has 0 saturated carbocycles. The molecule has 0 spiro atoms. The van der Waals surface area contributed by atoms with Crippen molar-refractivity contribution in [2.75, 3.05) is 12.4 Å². The van der Waals surface area contributed by atoms with Gasteiger partial charge in [-0.3, -0.25) is 0 Å². The summed E-state index contributed by atoms with van der Waals surface area (Å²) in [5.41, 5.74) is 2.62. The first-order valence-electron chi connectivity index (χ1n) is 5.87. The Kier molecular flexibility index (Phi) is 3.87. The molecule has 0 aliphatic heterocycles. The van der Waals surface area contributed by atoms with Crippen molar-refractivity contribution in [1.82, 2.24) is 9.97 Å². The van der Waals surface area contributed by atoms with Gasteiger partial charge in [-0.2, -0.15) is 0 Å². The van der Waals surface area contributed by atoms with Crippen LogP contribution in [0.1, 0.15) is 17.0 Å². The van der Waals surface area contributed by atoms with Crippen LogP contribution in [-0.2, 0) is 0 Å². The number of nitrogens with zero attached hydrogens (tertiary/aromatic N) is 2. The van der Waals surface area contributed by atoms with E-state index in [1.54, 1.807) is 11.8 Å². The fourth-order valence-corrected chi connectivity index (χ4v) is 2.58. The van der Waals surface area contributed by atoms with Crippen molar-refractivity contribution < 1.29 is 0 Å². The smallest absolute Gasteiger partial charge is 0.130 e. The van der Waals surface area contributed by atoms with Gasteiger partial charge in [-0.25, -0.2) is 9.97 Å². The molecule has 1 heterocycles. The van der Waals surface area contributed by atoms with Crippen LogP contribution in [-0.4, -0.2) is 17.0 Å². The van der Waals surface area contributed by atoms with E-state index in [9.17, 15) is 0 Å². The van der Waals surface area contributed by atoms with Crippen molar-refractivity contribution in [1.29, 1.82) is 0 Å². The summed E-state index contributed by atoms with van der Waals surface area (Å²) in [6, 6.07) is 8.43. The number of aromatic nitrogens is 2. The van der Waals surface area contributed by atoms with E-state index in [4.69, 9.17) is 0 Å². The maximum absolute atomic E-state index is 4.44. The molecule has 18 heavy (non-hydrogen) atoms. The third-order valence-electron chi connectivity index (χ3n) is 2.77.